The van der Waals surface area contributed by atoms with Crippen LogP contribution in [0.15, 0.2) is 16.3 Å². The van der Waals surface area contributed by atoms with Crippen LogP contribution in [0.3, 0.4) is 0 Å². The van der Waals surface area contributed by atoms with Crippen molar-refractivity contribution in [2.24, 2.45) is 10.9 Å². The maximum Gasteiger partial charge on any atom is 0.0392 e. The first-order valence-corrected chi connectivity index (χ1v) is 4.85. The van der Waals surface area contributed by atoms with Crippen LogP contribution in [-0.2, 0) is 0 Å². The standard InChI is InChI=1S/C11H19N/c1-8(2)10(4)12-11-7-5-6-9(11)3/h8H,5-7H2,1-4H3. The Labute approximate surface area is 75.6 Å². The van der Waals surface area contributed by atoms with E-state index in [-0.39, 0.29) is 0 Å². The molecule has 12 heavy (non-hydrogen) atoms. The summed E-state index contributed by atoms with van der Waals surface area (Å²) in [5.41, 5.74) is 4.11. The van der Waals surface area contributed by atoms with Gasteiger partial charge in [0, 0.05) is 11.4 Å². The van der Waals surface area contributed by atoms with Gasteiger partial charge in [0.05, 0.1) is 0 Å². The molecule has 0 spiro atoms. The van der Waals surface area contributed by atoms with Crippen molar-refractivity contribution in [2.75, 3.05) is 0 Å². The van der Waals surface area contributed by atoms with Gasteiger partial charge in [-0.25, -0.2) is 0 Å². The molecule has 0 heterocycles. The highest BCUT2D eigenvalue weighted by molar-refractivity contribution is 5.84. The summed E-state index contributed by atoms with van der Waals surface area (Å²) < 4.78 is 0. The van der Waals surface area contributed by atoms with E-state index in [1.807, 2.05) is 0 Å². The van der Waals surface area contributed by atoms with E-state index >= 15 is 0 Å². The molecule has 1 nitrogen and oxygen atoms in total. The third-order valence-electron chi connectivity index (χ3n) is 2.60. The third kappa shape index (κ3) is 2.20. The molecule has 0 unspecified atom stereocenters. The summed E-state index contributed by atoms with van der Waals surface area (Å²) in [5, 5.41) is 0. The van der Waals surface area contributed by atoms with E-state index in [9.17, 15) is 0 Å². The van der Waals surface area contributed by atoms with Crippen molar-refractivity contribution in [3.63, 3.8) is 0 Å². The van der Waals surface area contributed by atoms with Crippen LogP contribution in [0.5, 0.6) is 0 Å². The smallest absolute Gasteiger partial charge is 0.0392 e. The van der Waals surface area contributed by atoms with E-state index in [0.29, 0.717) is 5.92 Å². The minimum absolute atomic E-state index is 0.589. The van der Waals surface area contributed by atoms with E-state index < -0.39 is 0 Å². The van der Waals surface area contributed by atoms with Gasteiger partial charge in [-0.2, -0.15) is 0 Å². The van der Waals surface area contributed by atoms with Crippen molar-refractivity contribution in [3.05, 3.63) is 11.3 Å². The lowest BCUT2D eigenvalue weighted by Gasteiger charge is -2.04. The van der Waals surface area contributed by atoms with Crippen LogP contribution in [0.2, 0.25) is 0 Å². The molecular weight excluding hydrogens is 146 g/mol. The molecule has 0 aromatic rings. The molecule has 0 atom stereocenters. The highest BCUT2D eigenvalue weighted by Crippen LogP contribution is 2.26. The van der Waals surface area contributed by atoms with Gasteiger partial charge in [-0.05, 0) is 39.0 Å². The van der Waals surface area contributed by atoms with Crippen molar-refractivity contribution in [2.45, 2.75) is 47.0 Å². The Morgan fingerprint density at radius 1 is 1.33 bits per heavy atom. The van der Waals surface area contributed by atoms with Crippen LogP contribution in [0.1, 0.15) is 47.0 Å². The summed E-state index contributed by atoms with van der Waals surface area (Å²) in [4.78, 5) is 4.65. The first-order valence-electron chi connectivity index (χ1n) is 4.85. The van der Waals surface area contributed by atoms with Crippen LogP contribution in [0.4, 0.5) is 0 Å². The van der Waals surface area contributed by atoms with E-state index in [2.05, 4.69) is 32.7 Å². The molecule has 0 aliphatic heterocycles. The summed E-state index contributed by atoms with van der Waals surface area (Å²) in [7, 11) is 0. The molecule has 0 saturated carbocycles. The Kier molecular flexibility index (Phi) is 3.07. The van der Waals surface area contributed by atoms with Gasteiger partial charge in [0.2, 0.25) is 0 Å². The number of aliphatic imine (C=N–C) groups is 1. The van der Waals surface area contributed by atoms with E-state index in [1.54, 1.807) is 0 Å². The molecule has 1 rings (SSSR count). The predicted molar refractivity (Wildman–Crippen MR) is 54.5 cm³/mol. The zero-order chi connectivity index (χ0) is 9.14. The monoisotopic (exact) mass is 165 g/mol. The number of hydrogen-bond acceptors (Lipinski definition) is 1. The third-order valence-corrected chi connectivity index (χ3v) is 2.60. The Balaban J connectivity index is 2.72. The highest BCUT2D eigenvalue weighted by atomic mass is 14.8. The number of hydrogen-bond donors (Lipinski definition) is 0. The van der Waals surface area contributed by atoms with Gasteiger partial charge in [0.25, 0.3) is 0 Å². The molecule has 0 bridgehead atoms. The second-order valence-corrected chi connectivity index (χ2v) is 3.99. The Hall–Kier alpha value is -0.590. The van der Waals surface area contributed by atoms with Crippen LogP contribution >= 0.6 is 0 Å². The highest BCUT2D eigenvalue weighted by Gasteiger charge is 2.10. The quantitative estimate of drug-likeness (QED) is 0.555. The topological polar surface area (TPSA) is 12.4 Å². The molecule has 1 aliphatic rings. The van der Waals surface area contributed by atoms with E-state index in [4.69, 9.17) is 0 Å². The van der Waals surface area contributed by atoms with Crippen LogP contribution < -0.4 is 0 Å². The van der Waals surface area contributed by atoms with Crippen LogP contribution in [-0.4, -0.2) is 5.71 Å². The molecule has 0 amide bonds. The minimum Gasteiger partial charge on any atom is -0.262 e. The van der Waals surface area contributed by atoms with Crippen molar-refractivity contribution in [1.29, 1.82) is 0 Å². The minimum atomic E-state index is 0.589. The lowest BCUT2D eigenvalue weighted by atomic mass is 10.1. The van der Waals surface area contributed by atoms with E-state index in [1.165, 1.54) is 36.2 Å². The average Bonchev–Trinajstić information content (AvgIpc) is 2.36. The largest absolute Gasteiger partial charge is 0.262 e. The molecule has 0 N–H and O–H groups in total. The molecule has 68 valence electrons. The molecule has 0 fully saturated rings. The fraction of sp³-hybridized carbons (Fsp3) is 0.727. The average molecular weight is 165 g/mol. The Morgan fingerprint density at radius 3 is 2.42 bits per heavy atom. The van der Waals surface area contributed by atoms with Crippen LogP contribution in [0, 0.1) is 5.92 Å². The van der Waals surface area contributed by atoms with Crippen LogP contribution in [0.25, 0.3) is 0 Å². The van der Waals surface area contributed by atoms with Crippen molar-refractivity contribution in [1.82, 2.24) is 0 Å². The normalized spacial score (nSPS) is 19.6. The number of allylic oxidation sites excluding steroid dienone is 2. The van der Waals surface area contributed by atoms with Crippen molar-refractivity contribution in [3.8, 4) is 0 Å². The fourth-order valence-electron chi connectivity index (χ4n) is 1.37. The summed E-state index contributed by atoms with van der Waals surface area (Å²) in [6.45, 7) is 8.73. The molecule has 1 heteroatoms. The molecule has 0 radical (unpaired) electrons. The molecular formula is C11H19N. The number of nitrogens with zero attached hydrogens (tertiary/aromatic N) is 1. The SMILES string of the molecule is CC(=NC1=C(C)CCC1)C(C)C. The zero-order valence-electron chi connectivity index (χ0n) is 8.65. The first kappa shape index (κ1) is 9.50. The van der Waals surface area contributed by atoms with Crippen molar-refractivity contribution < 1.29 is 0 Å². The van der Waals surface area contributed by atoms with Gasteiger partial charge >= 0.3 is 0 Å². The second kappa shape index (κ2) is 3.88. The van der Waals surface area contributed by atoms with Gasteiger partial charge in [0.1, 0.15) is 0 Å². The predicted octanol–water partition coefficient (Wildman–Crippen LogP) is 3.56. The molecule has 0 aromatic heterocycles. The van der Waals surface area contributed by atoms with Gasteiger partial charge in [-0.15, -0.1) is 0 Å². The maximum absolute atomic E-state index is 4.65. The number of rotatable bonds is 2. The lowest BCUT2D eigenvalue weighted by molar-refractivity contribution is 0.860. The fourth-order valence-corrected chi connectivity index (χ4v) is 1.37. The maximum atomic E-state index is 4.65. The lowest BCUT2D eigenvalue weighted by Crippen LogP contribution is -2.01. The van der Waals surface area contributed by atoms with Gasteiger partial charge in [-0.1, -0.05) is 19.4 Å². The Morgan fingerprint density at radius 2 is 2.00 bits per heavy atom. The first-order chi connectivity index (χ1) is 5.61. The summed E-state index contributed by atoms with van der Waals surface area (Å²) >= 11 is 0. The van der Waals surface area contributed by atoms with Gasteiger partial charge < -0.3 is 0 Å². The van der Waals surface area contributed by atoms with Gasteiger partial charge in [-0.3, -0.25) is 4.99 Å². The molecule has 0 aromatic carbocycles. The second-order valence-electron chi connectivity index (χ2n) is 3.99. The summed E-state index contributed by atoms with van der Waals surface area (Å²) in [6, 6.07) is 0. The zero-order valence-corrected chi connectivity index (χ0v) is 8.65. The van der Waals surface area contributed by atoms with E-state index in [0.717, 1.165) is 0 Å². The van der Waals surface area contributed by atoms with Gasteiger partial charge in [0.15, 0.2) is 0 Å². The summed E-state index contributed by atoms with van der Waals surface area (Å²) in [5.74, 6) is 0.589. The van der Waals surface area contributed by atoms with Crippen molar-refractivity contribution >= 4 is 5.71 Å². The molecule has 0 saturated heterocycles. The Bertz CT molecular complexity index is 221. The summed E-state index contributed by atoms with van der Waals surface area (Å²) in [6.07, 6.45) is 3.75. The molecule has 1 aliphatic carbocycles.